The predicted molar refractivity (Wildman–Crippen MR) is 83.3 cm³/mol. The zero-order valence-corrected chi connectivity index (χ0v) is 12.4. The molecule has 1 aliphatic heterocycles. The van der Waals surface area contributed by atoms with Crippen LogP contribution >= 0.6 is 0 Å². The van der Waals surface area contributed by atoms with Gasteiger partial charge in [-0.05, 0) is 37.3 Å². The van der Waals surface area contributed by atoms with E-state index in [0.717, 1.165) is 18.4 Å². The predicted octanol–water partition coefficient (Wildman–Crippen LogP) is 2.12. The van der Waals surface area contributed by atoms with Crippen molar-refractivity contribution < 1.29 is 9.59 Å². The Labute approximate surface area is 125 Å². The number of benzene rings is 1. The summed E-state index contributed by atoms with van der Waals surface area (Å²) >= 11 is 0. The van der Waals surface area contributed by atoms with E-state index in [-0.39, 0.29) is 11.8 Å². The van der Waals surface area contributed by atoms with E-state index in [1.165, 1.54) is 5.56 Å². The summed E-state index contributed by atoms with van der Waals surface area (Å²) in [6, 6.07) is 8.04. The number of hydrogen-bond donors (Lipinski definition) is 1. The van der Waals surface area contributed by atoms with E-state index in [1.807, 2.05) is 42.2 Å². The van der Waals surface area contributed by atoms with Gasteiger partial charge in [0.1, 0.15) is 0 Å². The lowest BCUT2D eigenvalue weighted by atomic mass is 9.93. The van der Waals surface area contributed by atoms with Gasteiger partial charge in [0.05, 0.1) is 0 Å². The highest BCUT2D eigenvalue weighted by Gasteiger charge is 2.22. The van der Waals surface area contributed by atoms with E-state index >= 15 is 0 Å². The molecule has 2 rings (SSSR count). The Hall–Kier alpha value is -2.10. The Bertz CT molecular complexity index is 543. The van der Waals surface area contributed by atoms with E-state index in [9.17, 15) is 9.59 Å². The average Bonchev–Trinajstić information content (AvgIpc) is 2.45. The Morgan fingerprint density at radius 3 is 2.67 bits per heavy atom. The highest BCUT2D eigenvalue weighted by molar-refractivity contribution is 5.91. The molecule has 4 nitrogen and oxygen atoms in total. The minimum absolute atomic E-state index is 0.0361. The van der Waals surface area contributed by atoms with Crippen LogP contribution in [-0.4, -0.2) is 29.8 Å². The fourth-order valence-electron chi connectivity index (χ4n) is 2.69. The minimum Gasteiger partial charge on any atom is -0.370 e. The van der Waals surface area contributed by atoms with Crippen LogP contribution in [0.2, 0.25) is 0 Å². The molecule has 0 unspecified atom stereocenters. The maximum absolute atomic E-state index is 12.1. The minimum atomic E-state index is -0.251. The lowest BCUT2D eigenvalue weighted by Gasteiger charge is -2.30. The molecule has 0 saturated carbocycles. The van der Waals surface area contributed by atoms with Gasteiger partial charge in [0.25, 0.3) is 0 Å². The van der Waals surface area contributed by atoms with Crippen LogP contribution in [0, 0.1) is 12.8 Å². The Balaban J connectivity index is 1.86. The number of carbonyl (C=O) groups excluding carboxylic acids is 2. The van der Waals surface area contributed by atoms with Crippen molar-refractivity contribution >= 4 is 17.9 Å². The van der Waals surface area contributed by atoms with Gasteiger partial charge in [-0.3, -0.25) is 9.59 Å². The van der Waals surface area contributed by atoms with Crippen molar-refractivity contribution in [1.29, 1.82) is 0 Å². The second kappa shape index (κ2) is 7.07. The van der Waals surface area contributed by atoms with Gasteiger partial charge in [-0.25, -0.2) is 0 Å². The summed E-state index contributed by atoms with van der Waals surface area (Å²) in [6.45, 7) is 3.44. The number of nitrogens with zero attached hydrogens (tertiary/aromatic N) is 1. The number of likely N-dealkylation sites (tertiary alicyclic amines) is 1. The molecule has 0 bridgehead atoms. The number of piperidine rings is 1. The second-order valence-corrected chi connectivity index (χ2v) is 5.69. The van der Waals surface area contributed by atoms with Crippen LogP contribution < -0.4 is 5.73 Å². The number of hydrogen-bond acceptors (Lipinski definition) is 2. The van der Waals surface area contributed by atoms with Crippen LogP contribution in [0.15, 0.2) is 30.3 Å². The Morgan fingerprint density at radius 2 is 2.05 bits per heavy atom. The van der Waals surface area contributed by atoms with E-state index in [1.54, 1.807) is 6.08 Å². The number of nitrogens with two attached hydrogens (primary N) is 1. The lowest BCUT2D eigenvalue weighted by molar-refractivity contribution is -0.127. The molecular weight excluding hydrogens is 264 g/mol. The molecular formula is C17H22N2O2. The molecule has 0 spiro atoms. The van der Waals surface area contributed by atoms with Crippen LogP contribution in [0.3, 0.4) is 0 Å². The summed E-state index contributed by atoms with van der Waals surface area (Å²) in [5.74, 6) is 0.112. The monoisotopic (exact) mass is 286 g/mol. The SMILES string of the molecule is Cc1cccc(C=CC(=O)N2CCC(CC(N)=O)CC2)c1. The Morgan fingerprint density at radius 1 is 1.33 bits per heavy atom. The van der Waals surface area contributed by atoms with Crippen LogP contribution in [-0.2, 0) is 9.59 Å². The summed E-state index contributed by atoms with van der Waals surface area (Å²) in [5, 5.41) is 0. The van der Waals surface area contributed by atoms with Gasteiger partial charge < -0.3 is 10.6 Å². The zero-order valence-electron chi connectivity index (χ0n) is 12.4. The molecule has 1 aliphatic rings. The zero-order chi connectivity index (χ0) is 15.2. The number of amides is 2. The molecule has 0 aliphatic carbocycles. The molecule has 0 aromatic heterocycles. The van der Waals surface area contributed by atoms with Crippen molar-refractivity contribution in [2.24, 2.45) is 11.7 Å². The van der Waals surface area contributed by atoms with Gasteiger partial charge in [0.15, 0.2) is 0 Å². The highest BCUT2D eigenvalue weighted by atomic mass is 16.2. The number of carbonyl (C=O) groups is 2. The average molecular weight is 286 g/mol. The first kappa shape index (κ1) is 15.3. The summed E-state index contributed by atoms with van der Waals surface area (Å²) in [7, 11) is 0. The van der Waals surface area contributed by atoms with Crippen molar-refractivity contribution in [3.8, 4) is 0 Å². The first-order chi connectivity index (χ1) is 10.0. The van der Waals surface area contributed by atoms with Gasteiger partial charge in [-0.2, -0.15) is 0 Å². The summed E-state index contributed by atoms with van der Waals surface area (Å²) in [4.78, 5) is 24.9. The molecule has 1 heterocycles. The fraction of sp³-hybridized carbons (Fsp3) is 0.412. The lowest BCUT2D eigenvalue weighted by Crippen LogP contribution is -2.38. The normalized spacial score (nSPS) is 16.3. The van der Waals surface area contributed by atoms with E-state index in [4.69, 9.17) is 5.73 Å². The molecule has 1 fully saturated rings. The quantitative estimate of drug-likeness (QED) is 0.862. The molecule has 1 aromatic carbocycles. The van der Waals surface area contributed by atoms with Gasteiger partial charge in [0, 0.05) is 25.6 Å². The maximum Gasteiger partial charge on any atom is 0.246 e. The molecule has 4 heteroatoms. The first-order valence-corrected chi connectivity index (χ1v) is 7.36. The highest BCUT2D eigenvalue weighted by Crippen LogP contribution is 2.20. The molecule has 112 valence electrons. The van der Waals surface area contributed by atoms with Crippen LogP contribution in [0.1, 0.15) is 30.4 Å². The third kappa shape index (κ3) is 4.74. The second-order valence-electron chi connectivity index (χ2n) is 5.69. The third-order valence-electron chi connectivity index (χ3n) is 3.88. The molecule has 0 atom stereocenters. The number of aryl methyl sites for hydroxylation is 1. The standard InChI is InChI=1S/C17H22N2O2/c1-13-3-2-4-14(11-13)5-6-17(21)19-9-7-15(8-10-19)12-16(18)20/h2-6,11,15H,7-10,12H2,1H3,(H2,18,20). The summed E-state index contributed by atoms with van der Waals surface area (Å²) in [5.41, 5.74) is 7.42. The third-order valence-corrected chi connectivity index (χ3v) is 3.88. The van der Waals surface area contributed by atoms with Gasteiger partial charge in [-0.1, -0.05) is 29.8 Å². The maximum atomic E-state index is 12.1. The van der Waals surface area contributed by atoms with Gasteiger partial charge >= 0.3 is 0 Å². The largest absolute Gasteiger partial charge is 0.370 e. The van der Waals surface area contributed by atoms with Crippen LogP contribution in [0.4, 0.5) is 0 Å². The van der Waals surface area contributed by atoms with E-state index < -0.39 is 0 Å². The fourth-order valence-corrected chi connectivity index (χ4v) is 2.69. The number of primary amides is 1. The van der Waals surface area contributed by atoms with E-state index in [0.29, 0.717) is 25.4 Å². The molecule has 0 radical (unpaired) electrons. The first-order valence-electron chi connectivity index (χ1n) is 7.36. The number of rotatable bonds is 4. The topological polar surface area (TPSA) is 63.4 Å². The molecule has 2 N–H and O–H groups in total. The van der Waals surface area contributed by atoms with Crippen LogP contribution in [0.5, 0.6) is 0 Å². The molecule has 2 amide bonds. The van der Waals surface area contributed by atoms with Gasteiger partial charge in [0.2, 0.25) is 11.8 Å². The van der Waals surface area contributed by atoms with Crippen molar-refractivity contribution in [3.05, 3.63) is 41.5 Å². The van der Waals surface area contributed by atoms with Crippen LogP contribution in [0.25, 0.3) is 6.08 Å². The van der Waals surface area contributed by atoms with E-state index in [2.05, 4.69) is 0 Å². The molecule has 1 saturated heterocycles. The van der Waals surface area contributed by atoms with Crippen molar-refractivity contribution in [1.82, 2.24) is 4.90 Å². The van der Waals surface area contributed by atoms with Crippen molar-refractivity contribution in [2.45, 2.75) is 26.2 Å². The van der Waals surface area contributed by atoms with Gasteiger partial charge in [-0.15, -0.1) is 0 Å². The smallest absolute Gasteiger partial charge is 0.246 e. The van der Waals surface area contributed by atoms with Crippen molar-refractivity contribution in [3.63, 3.8) is 0 Å². The summed E-state index contributed by atoms with van der Waals surface area (Å²) in [6.07, 6.45) is 5.62. The summed E-state index contributed by atoms with van der Waals surface area (Å²) < 4.78 is 0. The Kier molecular flexibility index (Phi) is 5.14. The molecule has 21 heavy (non-hydrogen) atoms. The van der Waals surface area contributed by atoms with Crippen molar-refractivity contribution in [2.75, 3.05) is 13.1 Å². The molecule has 1 aromatic rings.